The number of rotatable bonds is 15. The van der Waals surface area contributed by atoms with Gasteiger partial charge in [-0.05, 0) is 133 Å². The largest absolute Gasteiger partial charge is 0.497 e. The number of amides is 1. The first kappa shape index (κ1) is 45.3. The minimum Gasteiger partial charge on any atom is -0.497 e. The minimum absolute atomic E-state index is 0.0319. The molecule has 6 aromatic rings. The zero-order chi connectivity index (χ0) is 45.4. The van der Waals surface area contributed by atoms with Gasteiger partial charge in [0.05, 0.1) is 50.0 Å². The van der Waals surface area contributed by atoms with Gasteiger partial charge in [0.1, 0.15) is 22.8 Å². The second kappa shape index (κ2) is 19.7. The normalized spacial score (nSPS) is 13.4. The van der Waals surface area contributed by atoms with Gasteiger partial charge in [0.2, 0.25) is 15.8 Å². The number of piperidine rings is 1. The molecule has 2 heterocycles. The number of benzene rings is 5. The van der Waals surface area contributed by atoms with Crippen molar-refractivity contribution in [2.75, 3.05) is 34.4 Å². The minimum atomic E-state index is -4.43. The number of nitrogens with zero attached hydrogens (tertiary/aromatic N) is 7. The maximum Gasteiger partial charge on any atom is 0.410 e. The highest BCUT2D eigenvalue weighted by Gasteiger charge is 2.36. The highest BCUT2D eigenvalue weighted by atomic mass is 32.2. The van der Waals surface area contributed by atoms with Crippen molar-refractivity contribution >= 4 is 16.1 Å². The molecule has 0 aliphatic carbocycles. The summed E-state index contributed by atoms with van der Waals surface area (Å²) in [5, 5.41) is 23.5. The van der Waals surface area contributed by atoms with Gasteiger partial charge >= 0.3 is 6.09 Å². The SMILES string of the molecule is COc1ccc(CN(Cc2ccc(OC)cc2)S(=O)(=O)c2c(CC3CCN(C(=O)OC(C)(C)C)CC3)ccc(-c3ccc(C#N)cc3)c2-c2nnn(Cc3ccc(OC)cc3)n2)cc1. The number of methoxy groups -OCH3 is 3. The first-order valence-electron chi connectivity index (χ1n) is 21.1. The number of hydrogen-bond acceptors (Lipinski definition) is 11. The van der Waals surface area contributed by atoms with E-state index >= 15 is 8.42 Å². The molecular formula is C49H53N7O7S. The van der Waals surface area contributed by atoms with Crippen LogP contribution in [-0.4, -0.2) is 83.9 Å². The number of likely N-dealkylation sites (tertiary alicyclic amines) is 1. The fourth-order valence-corrected chi connectivity index (χ4v) is 9.59. The number of carbonyl (C=O) groups is 1. The molecule has 1 fully saturated rings. The highest BCUT2D eigenvalue weighted by molar-refractivity contribution is 7.89. The summed E-state index contributed by atoms with van der Waals surface area (Å²) in [7, 11) is 0.344. The van der Waals surface area contributed by atoms with Gasteiger partial charge in [-0.3, -0.25) is 0 Å². The fourth-order valence-electron chi connectivity index (χ4n) is 7.75. The Kier molecular flexibility index (Phi) is 14.0. The van der Waals surface area contributed by atoms with Crippen molar-refractivity contribution in [3.8, 4) is 45.8 Å². The van der Waals surface area contributed by atoms with E-state index in [1.807, 2.05) is 106 Å². The number of hydrogen-bond donors (Lipinski definition) is 0. The fraction of sp³-hybridized carbons (Fsp3) is 0.327. The lowest BCUT2D eigenvalue weighted by Gasteiger charge is -2.34. The topological polar surface area (TPSA) is 162 Å². The lowest BCUT2D eigenvalue weighted by Crippen LogP contribution is -2.42. The Bertz CT molecular complexity index is 2630. The molecule has 64 heavy (non-hydrogen) atoms. The van der Waals surface area contributed by atoms with Crippen LogP contribution in [0.25, 0.3) is 22.5 Å². The van der Waals surface area contributed by atoms with Crippen LogP contribution in [0.1, 0.15) is 61.4 Å². The molecule has 15 heteroatoms. The van der Waals surface area contributed by atoms with Crippen molar-refractivity contribution < 1.29 is 32.2 Å². The summed E-state index contributed by atoms with van der Waals surface area (Å²) < 4.78 is 55.4. The van der Waals surface area contributed by atoms with Gasteiger partial charge in [-0.25, -0.2) is 13.2 Å². The molecule has 0 bridgehead atoms. The molecule has 5 aromatic carbocycles. The molecule has 1 saturated heterocycles. The Morgan fingerprint density at radius 2 is 1.30 bits per heavy atom. The van der Waals surface area contributed by atoms with Crippen molar-refractivity contribution in [2.24, 2.45) is 5.92 Å². The maximum atomic E-state index is 16.0. The molecule has 0 saturated carbocycles. The summed E-state index contributed by atoms with van der Waals surface area (Å²) in [5.41, 5.74) is 4.34. The molecule has 7 rings (SSSR count). The van der Waals surface area contributed by atoms with E-state index in [2.05, 4.69) is 16.4 Å². The Hall–Kier alpha value is -6.76. The van der Waals surface area contributed by atoms with Crippen molar-refractivity contribution in [1.82, 2.24) is 29.4 Å². The first-order valence-corrected chi connectivity index (χ1v) is 22.5. The van der Waals surface area contributed by atoms with E-state index in [4.69, 9.17) is 24.0 Å². The average molecular weight is 884 g/mol. The Morgan fingerprint density at radius 1 is 0.766 bits per heavy atom. The van der Waals surface area contributed by atoms with Gasteiger partial charge in [0.15, 0.2) is 0 Å². The predicted octanol–water partition coefficient (Wildman–Crippen LogP) is 8.53. The van der Waals surface area contributed by atoms with Crippen LogP contribution in [0.2, 0.25) is 0 Å². The van der Waals surface area contributed by atoms with Crippen LogP contribution >= 0.6 is 0 Å². The first-order chi connectivity index (χ1) is 30.8. The molecule has 332 valence electrons. The molecule has 0 unspecified atom stereocenters. The summed E-state index contributed by atoms with van der Waals surface area (Å²) in [6.45, 7) is 6.81. The lowest BCUT2D eigenvalue weighted by molar-refractivity contribution is 0.0184. The Balaban J connectivity index is 1.39. The summed E-state index contributed by atoms with van der Waals surface area (Å²) in [4.78, 5) is 16.3. The van der Waals surface area contributed by atoms with E-state index in [9.17, 15) is 10.1 Å². The second-order valence-electron chi connectivity index (χ2n) is 16.7. The molecule has 14 nitrogen and oxygen atoms in total. The number of carbonyl (C=O) groups excluding carboxylic acids is 1. The van der Waals surface area contributed by atoms with E-state index in [0.717, 1.165) is 16.7 Å². The second-order valence-corrected chi connectivity index (χ2v) is 18.6. The summed E-state index contributed by atoms with van der Waals surface area (Å²) in [6.07, 6.45) is 1.32. The number of aromatic nitrogens is 4. The lowest BCUT2D eigenvalue weighted by atomic mass is 9.88. The van der Waals surface area contributed by atoms with Crippen molar-refractivity contribution in [3.05, 3.63) is 137 Å². The molecule has 1 aliphatic heterocycles. The van der Waals surface area contributed by atoms with Crippen LogP contribution in [0.5, 0.6) is 17.2 Å². The number of nitriles is 1. The van der Waals surface area contributed by atoms with E-state index in [1.54, 1.807) is 50.5 Å². The van der Waals surface area contributed by atoms with Crippen LogP contribution in [0.3, 0.4) is 0 Å². The van der Waals surface area contributed by atoms with Gasteiger partial charge in [-0.1, -0.05) is 60.7 Å². The van der Waals surface area contributed by atoms with Gasteiger partial charge in [-0.15, -0.1) is 10.2 Å². The van der Waals surface area contributed by atoms with Gasteiger partial charge in [-0.2, -0.15) is 14.4 Å². The van der Waals surface area contributed by atoms with E-state index < -0.39 is 15.6 Å². The molecule has 1 amide bonds. The Morgan fingerprint density at radius 3 is 1.80 bits per heavy atom. The van der Waals surface area contributed by atoms with Crippen LogP contribution in [-0.2, 0) is 40.8 Å². The van der Waals surface area contributed by atoms with Gasteiger partial charge in [0, 0.05) is 26.2 Å². The molecule has 1 aliphatic rings. The quantitative estimate of drug-likeness (QED) is 0.0972. The third-order valence-corrected chi connectivity index (χ3v) is 13.1. The number of tetrazole rings is 1. The van der Waals surface area contributed by atoms with Gasteiger partial charge in [0.25, 0.3) is 0 Å². The molecule has 0 N–H and O–H groups in total. The van der Waals surface area contributed by atoms with E-state index in [0.29, 0.717) is 77.4 Å². The van der Waals surface area contributed by atoms with Crippen molar-refractivity contribution in [1.29, 1.82) is 5.26 Å². The third-order valence-electron chi connectivity index (χ3n) is 11.1. The summed E-state index contributed by atoms with van der Waals surface area (Å²) in [6, 6.07) is 35.1. The van der Waals surface area contributed by atoms with Gasteiger partial charge < -0.3 is 23.8 Å². The predicted molar refractivity (Wildman–Crippen MR) is 242 cm³/mol. The summed E-state index contributed by atoms with van der Waals surface area (Å²) in [5.74, 6) is 2.17. The zero-order valence-corrected chi connectivity index (χ0v) is 37.8. The molecule has 0 radical (unpaired) electrons. The van der Waals surface area contributed by atoms with Crippen molar-refractivity contribution in [2.45, 2.75) is 70.2 Å². The molecular weight excluding hydrogens is 831 g/mol. The zero-order valence-electron chi connectivity index (χ0n) is 37.0. The maximum absolute atomic E-state index is 16.0. The smallest absolute Gasteiger partial charge is 0.410 e. The van der Waals surface area contributed by atoms with Crippen molar-refractivity contribution in [3.63, 3.8) is 0 Å². The average Bonchev–Trinajstić information content (AvgIpc) is 3.77. The van der Waals surface area contributed by atoms with E-state index in [1.165, 1.54) is 9.10 Å². The number of sulfonamides is 1. The molecule has 0 atom stereocenters. The highest BCUT2D eigenvalue weighted by Crippen LogP contribution is 2.41. The molecule has 0 spiro atoms. The molecule has 1 aromatic heterocycles. The van der Waals surface area contributed by atoms with Crippen LogP contribution in [0.15, 0.2) is 114 Å². The number of ether oxygens (including phenoxy) is 4. The Labute approximate surface area is 375 Å². The van der Waals surface area contributed by atoms with Crippen LogP contribution in [0, 0.1) is 17.2 Å². The van der Waals surface area contributed by atoms with E-state index in [-0.39, 0.29) is 42.4 Å². The summed E-state index contributed by atoms with van der Waals surface area (Å²) >= 11 is 0. The standard InChI is InChI=1S/C49H53N7O7S/c1-49(2,3)63-48(57)54-27-25-34(26-28-54)29-40-17-24-44(39-15-7-35(30-50)8-16-39)45(47-51-53-56(52-47)33-38-13-22-43(62-6)23-14-38)46(40)64(58,59)55(31-36-9-18-41(60-4)19-10-36)32-37-11-20-42(61-5)21-12-37/h7-24,34H,25-29,31-33H2,1-6H3. The van der Waals surface area contributed by atoms with Crippen LogP contribution < -0.4 is 14.2 Å². The van der Waals surface area contributed by atoms with Crippen LogP contribution in [0.4, 0.5) is 4.79 Å². The monoisotopic (exact) mass is 883 g/mol. The third kappa shape index (κ3) is 10.9.